The molecule has 1 heterocycles. The number of aromatic nitrogens is 2. The van der Waals surface area contributed by atoms with Crippen molar-refractivity contribution in [2.75, 3.05) is 13.2 Å². The molecular weight excluding hydrogens is 156 g/mol. The molecule has 4 heteroatoms. The van der Waals surface area contributed by atoms with E-state index in [-0.39, 0.29) is 5.75 Å². The van der Waals surface area contributed by atoms with E-state index in [2.05, 4.69) is 12.0 Å². The summed E-state index contributed by atoms with van der Waals surface area (Å²) in [5, 5.41) is 12.8. The first-order chi connectivity index (χ1) is 5.83. The maximum absolute atomic E-state index is 8.93. The van der Waals surface area contributed by atoms with Crippen molar-refractivity contribution in [3.8, 4) is 5.75 Å². The molecule has 0 fully saturated rings. The molecule has 0 radical (unpaired) electrons. The number of hydrogen-bond donors (Lipinski definition) is 1. The number of rotatable bonds is 5. The lowest BCUT2D eigenvalue weighted by Gasteiger charge is -2.01. The van der Waals surface area contributed by atoms with Gasteiger partial charge < -0.3 is 9.84 Å². The molecule has 0 saturated carbocycles. The molecule has 1 aromatic heterocycles. The Balaban J connectivity index is 2.15. The number of ether oxygens (including phenoxy) is 1. The lowest BCUT2D eigenvalue weighted by atomic mass is 10.5. The van der Waals surface area contributed by atoms with Crippen LogP contribution in [-0.2, 0) is 11.3 Å². The van der Waals surface area contributed by atoms with E-state index in [1.807, 2.05) is 0 Å². The van der Waals surface area contributed by atoms with Gasteiger partial charge in [0.1, 0.15) is 0 Å². The molecule has 0 aliphatic carbocycles. The predicted molar refractivity (Wildman–Crippen MR) is 45.0 cm³/mol. The van der Waals surface area contributed by atoms with E-state index in [0.29, 0.717) is 13.2 Å². The van der Waals surface area contributed by atoms with Crippen LogP contribution in [0.4, 0.5) is 0 Å². The van der Waals surface area contributed by atoms with Crippen molar-refractivity contribution >= 4 is 0 Å². The minimum Gasteiger partial charge on any atom is -0.505 e. The summed E-state index contributed by atoms with van der Waals surface area (Å²) < 4.78 is 6.91. The van der Waals surface area contributed by atoms with Gasteiger partial charge >= 0.3 is 0 Å². The second kappa shape index (κ2) is 4.77. The van der Waals surface area contributed by atoms with Gasteiger partial charge in [-0.05, 0) is 6.42 Å². The van der Waals surface area contributed by atoms with E-state index in [9.17, 15) is 0 Å². The predicted octanol–water partition coefficient (Wildman–Crippen LogP) is 1.02. The van der Waals surface area contributed by atoms with Gasteiger partial charge in [-0.3, -0.25) is 4.68 Å². The molecule has 0 amide bonds. The van der Waals surface area contributed by atoms with Crippen molar-refractivity contribution in [2.45, 2.75) is 19.9 Å². The fourth-order valence-corrected chi connectivity index (χ4v) is 0.879. The molecule has 1 rings (SSSR count). The molecule has 68 valence electrons. The average molecular weight is 170 g/mol. The standard InChI is InChI=1S/C8H14N2O2/c1-2-4-12-5-3-10-7-8(11)6-9-10/h6-7,11H,2-5H2,1H3. The van der Waals surface area contributed by atoms with Gasteiger partial charge in [0, 0.05) is 6.61 Å². The molecule has 1 N–H and O–H groups in total. The highest BCUT2D eigenvalue weighted by atomic mass is 16.5. The Labute approximate surface area is 71.8 Å². The number of hydrogen-bond acceptors (Lipinski definition) is 3. The van der Waals surface area contributed by atoms with Crippen LogP contribution in [-0.4, -0.2) is 28.1 Å². The Kier molecular flexibility index (Phi) is 3.60. The van der Waals surface area contributed by atoms with Crippen LogP contribution in [0.1, 0.15) is 13.3 Å². The van der Waals surface area contributed by atoms with Crippen molar-refractivity contribution in [1.82, 2.24) is 9.78 Å². The fourth-order valence-electron chi connectivity index (χ4n) is 0.879. The van der Waals surface area contributed by atoms with E-state index in [0.717, 1.165) is 13.0 Å². The summed E-state index contributed by atoms with van der Waals surface area (Å²) >= 11 is 0. The first kappa shape index (κ1) is 9.06. The zero-order valence-corrected chi connectivity index (χ0v) is 7.23. The van der Waals surface area contributed by atoms with Crippen molar-refractivity contribution < 1.29 is 9.84 Å². The lowest BCUT2D eigenvalue weighted by Crippen LogP contribution is -2.06. The minimum absolute atomic E-state index is 0.200. The van der Waals surface area contributed by atoms with Crippen molar-refractivity contribution in [3.63, 3.8) is 0 Å². The van der Waals surface area contributed by atoms with Gasteiger partial charge in [0.25, 0.3) is 0 Å². The summed E-state index contributed by atoms with van der Waals surface area (Å²) in [5.74, 6) is 0.200. The maximum Gasteiger partial charge on any atom is 0.153 e. The zero-order valence-electron chi connectivity index (χ0n) is 7.23. The minimum atomic E-state index is 0.200. The average Bonchev–Trinajstić information content (AvgIpc) is 2.45. The fraction of sp³-hybridized carbons (Fsp3) is 0.625. The molecule has 0 aromatic carbocycles. The molecule has 12 heavy (non-hydrogen) atoms. The van der Waals surface area contributed by atoms with Crippen LogP contribution in [0, 0.1) is 0 Å². The molecule has 0 atom stereocenters. The van der Waals surface area contributed by atoms with Gasteiger partial charge in [0.2, 0.25) is 0 Å². The Morgan fingerprint density at radius 1 is 1.58 bits per heavy atom. The first-order valence-corrected chi connectivity index (χ1v) is 4.12. The molecule has 4 nitrogen and oxygen atoms in total. The van der Waals surface area contributed by atoms with Crippen LogP contribution < -0.4 is 0 Å². The molecule has 0 saturated heterocycles. The number of nitrogens with zero attached hydrogens (tertiary/aromatic N) is 2. The molecule has 0 unspecified atom stereocenters. The van der Waals surface area contributed by atoms with Crippen LogP contribution >= 0.6 is 0 Å². The van der Waals surface area contributed by atoms with E-state index < -0.39 is 0 Å². The molecule has 0 bridgehead atoms. The summed E-state index contributed by atoms with van der Waals surface area (Å²) in [4.78, 5) is 0. The second-order valence-corrected chi connectivity index (χ2v) is 2.57. The first-order valence-electron chi connectivity index (χ1n) is 4.12. The van der Waals surface area contributed by atoms with Crippen LogP contribution in [0.3, 0.4) is 0 Å². The summed E-state index contributed by atoms with van der Waals surface area (Å²) in [7, 11) is 0. The normalized spacial score (nSPS) is 10.4. The monoisotopic (exact) mass is 170 g/mol. The Bertz CT molecular complexity index is 223. The maximum atomic E-state index is 8.93. The SMILES string of the molecule is CCCOCCn1cc(O)cn1. The molecular formula is C8H14N2O2. The van der Waals surface area contributed by atoms with Gasteiger partial charge in [0.15, 0.2) is 5.75 Å². The quantitative estimate of drug-likeness (QED) is 0.671. The van der Waals surface area contributed by atoms with Gasteiger partial charge in [-0.2, -0.15) is 5.10 Å². The largest absolute Gasteiger partial charge is 0.505 e. The lowest BCUT2D eigenvalue weighted by molar-refractivity contribution is 0.124. The van der Waals surface area contributed by atoms with Gasteiger partial charge in [-0.15, -0.1) is 0 Å². The van der Waals surface area contributed by atoms with Crippen molar-refractivity contribution in [2.24, 2.45) is 0 Å². The molecule has 0 aliphatic rings. The second-order valence-electron chi connectivity index (χ2n) is 2.57. The Morgan fingerprint density at radius 2 is 2.42 bits per heavy atom. The van der Waals surface area contributed by atoms with Gasteiger partial charge in [0.05, 0.1) is 25.5 Å². The summed E-state index contributed by atoms with van der Waals surface area (Å²) in [6.07, 6.45) is 4.03. The third-order valence-electron chi connectivity index (χ3n) is 1.43. The van der Waals surface area contributed by atoms with E-state index in [1.165, 1.54) is 6.20 Å². The zero-order chi connectivity index (χ0) is 8.81. The highest BCUT2D eigenvalue weighted by Gasteiger charge is 1.94. The third kappa shape index (κ3) is 2.92. The van der Waals surface area contributed by atoms with E-state index in [4.69, 9.17) is 9.84 Å². The van der Waals surface area contributed by atoms with Crippen molar-refractivity contribution in [3.05, 3.63) is 12.4 Å². The summed E-state index contributed by atoms with van der Waals surface area (Å²) in [6.45, 7) is 4.20. The van der Waals surface area contributed by atoms with E-state index in [1.54, 1.807) is 10.9 Å². The summed E-state index contributed by atoms with van der Waals surface area (Å²) in [5.41, 5.74) is 0. The third-order valence-corrected chi connectivity index (χ3v) is 1.43. The van der Waals surface area contributed by atoms with Crippen molar-refractivity contribution in [1.29, 1.82) is 0 Å². The highest BCUT2D eigenvalue weighted by Crippen LogP contribution is 2.03. The topological polar surface area (TPSA) is 47.3 Å². The van der Waals surface area contributed by atoms with Gasteiger partial charge in [-0.25, -0.2) is 0 Å². The van der Waals surface area contributed by atoms with Gasteiger partial charge in [-0.1, -0.05) is 6.92 Å². The van der Waals surface area contributed by atoms with Crippen LogP contribution in [0.15, 0.2) is 12.4 Å². The highest BCUT2D eigenvalue weighted by molar-refractivity contribution is 5.08. The molecule has 1 aromatic rings. The molecule has 0 aliphatic heterocycles. The van der Waals surface area contributed by atoms with E-state index >= 15 is 0 Å². The van der Waals surface area contributed by atoms with Crippen LogP contribution in [0.5, 0.6) is 5.75 Å². The van der Waals surface area contributed by atoms with Crippen LogP contribution in [0.25, 0.3) is 0 Å². The Hall–Kier alpha value is -1.03. The number of aromatic hydroxyl groups is 1. The smallest absolute Gasteiger partial charge is 0.153 e. The molecule has 0 spiro atoms. The van der Waals surface area contributed by atoms with Crippen LogP contribution in [0.2, 0.25) is 0 Å². The Morgan fingerprint density at radius 3 is 3.00 bits per heavy atom. The summed E-state index contributed by atoms with van der Waals surface area (Å²) in [6, 6.07) is 0.